The lowest BCUT2D eigenvalue weighted by molar-refractivity contribution is -0.143. The number of hydrogen-bond donors (Lipinski definition) is 0. The van der Waals surface area contributed by atoms with Crippen LogP contribution in [0.15, 0.2) is 54.6 Å². The van der Waals surface area contributed by atoms with Crippen LogP contribution >= 0.6 is 0 Å². The van der Waals surface area contributed by atoms with Gasteiger partial charge in [-0.15, -0.1) is 0 Å². The van der Waals surface area contributed by atoms with E-state index in [4.69, 9.17) is 9.47 Å². The van der Waals surface area contributed by atoms with Crippen LogP contribution in [0.25, 0.3) is 11.1 Å². The molecule has 1 aliphatic rings. The van der Waals surface area contributed by atoms with Gasteiger partial charge < -0.3 is 14.4 Å². The fourth-order valence-corrected chi connectivity index (χ4v) is 5.15. The molecule has 0 radical (unpaired) electrons. The molecule has 4 nitrogen and oxygen atoms in total. The maximum Gasteiger partial charge on any atom is 0.416 e. The number of carbonyl (C=O) groups excluding carboxylic acids is 1. The minimum atomic E-state index is -5.10. The van der Waals surface area contributed by atoms with Gasteiger partial charge in [0.25, 0.3) is 0 Å². The second-order valence-corrected chi connectivity index (χ2v) is 11.0. The Labute approximate surface area is 247 Å². The number of cyclic esters (lactones) is 1. The second kappa shape index (κ2) is 11.9. The molecule has 0 aliphatic carbocycles. The lowest BCUT2D eigenvalue weighted by Gasteiger charge is -2.37. The minimum Gasteiger partial charge on any atom is -0.496 e. The van der Waals surface area contributed by atoms with E-state index < -0.39 is 58.9 Å². The zero-order chi connectivity index (χ0) is 32.8. The van der Waals surface area contributed by atoms with Gasteiger partial charge in [0.1, 0.15) is 11.9 Å². The van der Waals surface area contributed by atoms with Crippen LogP contribution in [0.3, 0.4) is 0 Å². The monoisotopic (exact) mass is 633 g/mol. The molecular formula is C31H28F9NO3. The predicted octanol–water partition coefficient (Wildman–Crippen LogP) is 9.87. The van der Waals surface area contributed by atoms with Crippen LogP contribution in [0, 0.1) is 5.92 Å². The summed E-state index contributed by atoms with van der Waals surface area (Å²) in [6.45, 7) is 4.71. The number of methoxy groups -OCH3 is 1. The summed E-state index contributed by atoms with van der Waals surface area (Å²) < 4.78 is 133. The Bertz CT molecular complexity index is 1490. The van der Waals surface area contributed by atoms with Gasteiger partial charge in [0.2, 0.25) is 0 Å². The van der Waals surface area contributed by atoms with Crippen LogP contribution in [0.2, 0.25) is 0 Å². The fourth-order valence-electron chi connectivity index (χ4n) is 5.15. The number of ether oxygens (including phenoxy) is 2. The molecule has 0 spiro atoms. The van der Waals surface area contributed by atoms with E-state index in [2.05, 4.69) is 0 Å². The molecule has 1 saturated heterocycles. The highest BCUT2D eigenvalue weighted by Gasteiger charge is 2.41. The first kappa shape index (κ1) is 33.0. The number of carbonyl (C=O) groups is 1. The average molecular weight is 634 g/mol. The molecule has 13 heteroatoms. The molecule has 1 aliphatic heterocycles. The topological polar surface area (TPSA) is 38.8 Å². The number of alkyl halides is 9. The van der Waals surface area contributed by atoms with E-state index in [1.54, 1.807) is 12.1 Å². The van der Waals surface area contributed by atoms with Gasteiger partial charge in [0.15, 0.2) is 0 Å². The zero-order valence-electron chi connectivity index (χ0n) is 23.9. The SMILES string of the molecule is COc1ccc(C(C)C)cc1-c1ccc(C(F)(F)F)cc1CN1C[C@H](C)[C@@H](c2cc(C(F)(F)F)cc(C(F)(F)F)c2)OC1=O. The Balaban J connectivity index is 1.72. The highest BCUT2D eigenvalue weighted by Crippen LogP contribution is 2.42. The van der Waals surface area contributed by atoms with Crippen molar-refractivity contribution in [3.05, 3.63) is 88.0 Å². The summed E-state index contributed by atoms with van der Waals surface area (Å²) in [7, 11) is 1.40. The average Bonchev–Trinajstić information content (AvgIpc) is 2.92. The summed E-state index contributed by atoms with van der Waals surface area (Å²) in [6.07, 6.45) is -17.5. The van der Waals surface area contributed by atoms with Gasteiger partial charge in [0, 0.05) is 24.6 Å². The first-order chi connectivity index (χ1) is 20.3. The minimum absolute atomic E-state index is 0.0250. The van der Waals surface area contributed by atoms with Crippen LogP contribution in [0.4, 0.5) is 44.3 Å². The summed E-state index contributed by atoms with van der Waals surface area (Å²) in [5.41, 5.74) is -2.81. The molecule has 0 unspecified atom stereocenters. The molecule has 0 saturated carbocycles. The third-order valence-corrected chi connectivity index (χ3v) is 7.42. The molecule has 1 amide bonds. The molecule has 4 rings (SSSR count). The van der Waals surface area contributed by atoms with Gasteiger partial charge in [-0.1, -0.05) is 32.9 Å². The highest BCUT2D eigenvalue weighted by atomic mass is 19.4. The number of rotatable bonds is 6. The number of amides is 1. The summed E-state index contributed by atoms with van der Waals surface area (Å²) in [5.74, 6) is -0.387. The van der Waals surface area contributed by atoms with E-state index >= 15 is 0 Å². The van der Waals surface area contributed by atoms with Gasteiger partial charge in [-0.2, -0.15) is 39.5 Å². The smallest absolute Gasteiger partial charge is 0.416 e. The van der Waals surface area contributed by atoms with Gasteiger partial charge >= 0.3 is 24.6 Å². The van der Waals surface area contributed by atoms with E-state index in [-0.39, 0.29) is 30.6 Å². The third-order valence-electron chi connectivity index (χ3n) is 7.42. The largest absolute Gasteiger partial charge is 0.496 e. The highest BCUT2D eigenvalue weighted by molar-refractivity contribution is 5.76. The summed E-state index contributed by atoms with van der Waals surface area (Å²) in [5, 5.41) is 0. The standard InChI is InChI=1S/C31H28F9NO3/c1-16(2)18-5-8-26(43-4)25(12-18)24-7-6-21(29(32,33)34)11-20(24)15-41-14-17(3)27(44-28(41)42)19-9-22(30(35,36)37)13-23(10-19)31(38,39)40/h5-13,16-17,27H,14-15H2,1-4H3/t17-,27-/m0/s1. The quantitative estimate of drug-likeness (QED) is 0.254. The van der Waals surface area contributed by atoms with Gasteiger partial charge in [-0.25, -0.2) is 4.79 Å². The molecule has 3 aromatic rings. The molecule has 0 aromatic heterocycles. The van der Waals surface area contributed by atoms with E-state index in [1.807, 2.05) is 19.9 Å². The number of benzene rings is 3. The number of hydrogen-bond acceptors (Lipinski definition) is 3. The Morgan fingerprint density at radius 1 is 0.818 bits per heavy atom. The van der Waals surface area contributed by atoms with Crippen LogP contribution in [-0.2, 0) is 29.8 Å². The molecule has 2 atom stereocenters. The van der Waals surface area contributed by atoms with E-state index in [1.165, 1.54) is 20.1 Å². The Morgan fingerprint density at radius 2 is 1.41 bits per heavy atom. The normalized spacial score (nSPS) is 18.0. The van der Waals surface area contributed by atoms with Gasteiger partial charge in [-0.3, -0.25) is 0 Å². The van der Waals surface area contributed by atoms with Crippen molar-refractivity contribution in [2.75, 3.05) is 13.7 Å². The van der Waals surface area contributed by atoms with Gasteiger partial charge in [0.05, 0.1) is 23.8 Å². The van der Waals surface area contributed by atoms with Crippen molar-refractivity contribution >= 4 is 6.09 Å². The summed E-state index contributed by atoms with van der Waals surface area (Å²) >= 11 is 0. The van der Waals surface area contributed by atoms with Crippen LogP contribution < -0.4 is 4.74 Å². The van der Waals surface area contributed by atoms with Crippen LogP contribution in [0.1, 0.15) is 66.2 Å². The molecule has 1 fully saturated rings. The maximum absolute atomic E-state index is 13.7. The molecule has 44 heavy (non-hydrogen) atoms. The molecule has 3 aromatic carbocycles. The van der Waals surface area contributed by atoms with Crippen molar-refractivity contribution in [2.24, 2.45) is 5.92 Å². The number of nitrogens with zero attached hydrogens (tertiary/aromatic N) is 1. The van der Waals surface area contributed by atoms with Crippen LogP contribution in [-0.4, -0.2) is 24.6 Å². The first-order valence-electron chi connectivity index (χ1n) is 13.4. The van der Waals surface area contributed by atoms with E-state index in [9.17, 15) is 44.3 Å². The Hall–Kier alpha value is -3.90. The van der Waals surface area contributed by atoms with Crippen LogP contribution in [0.5, 0.6) is 5.75 Å². The van der Waals surface area contributed by atoms with Crippen molar-refractivity contribution in [2.45, 2.75) is 57.9 Å². The third kappa shape index (κ3) is 7.07. The summed E-state index contributed by atoms with van der Waals surface area (Å²) in [6, 6.07) is 9.30. The molecule has 0 N–H and O–H groups in total. The van der Waals surface area contributed by atoms with Crippen molar-refractivity contribution in [1.29, 1.82) is 0 Å². The van der Waals surface area contributed by atoms with Crippen molar-refractivity contribution in [3.63, 3.8) is 0 Å². The number of halogens is 9. The molecule has 238 valence electrons. The van der Waals surface area contributed by atoms with Crippen molar-refractivity contribution in [3.8, 4) is 16.9 Å². The fraction of sp³-hybridized carbons (Fsp3) is 0.387. The molecule has 1 heterocycles. The Kier molecular flexibility index (Phi) is 8.92. The maximum atomic E-state index is 13.7. The predicted molar refractivity (Wildman–Crippen MR) is 143 cm³/mol. The zero-order valence-corrected chi connectivity index (χ0v) is 23.9. The lowest BCUT2D eigenvalue weighted by atomic mass is 9.91. The van der Waals surface area contributed by atoms with E-state index in [0.29, 0.717) is 29.0 Å². The second-order valence-electron chi connectivity index (χ2n) is 11.0. The lowest BCUT2D eigenvalue weighted by Crippen LogP contribution is -2.43. The van der Waals surface area contributed by atoms with E-state index in [0.717, 1.165) is 22.6 Å². The van der Waals surface area contributed by atoms with Gasteiger partial charge in [-0.05, 0) is 70.6 Å². The van der Waals surface area contributed by atoms with Crippen molar-refractivity contribution in [1.82, 2.24) is 4.90 Å². The molecule has 0 bridgehead atoms. The molecular weight excluding hydrogens is 605 g/mol. The first-order valence-corrected chi connectivity index (χ1v) is 13.4. The Morgan fingerprint density at radius 3 is 1.93 bits per heavy atom. The summed E-state index contributed by atoms with van der Waals surface area (Å²) in [4.78, 5) is 14.2. The van der Waals surface area contributed by atoms with Crippen molar-refractivity contribution < 1.29 is 53.8 Å².